The second-order valence-corrected chi connectivity index (χ2v) is 7.46. The Hall–Kier alpha value is -0.555. The lowest BCUT2D eigenvalue weighted by molar-refractivity contribution is 0.00578. The maximum Gasteiger partial charge on any atom is 0.505 e. The van der Waals surface area contributed by atoms with E-state index >= 15 is 0 Å². The lowest BCUT2D eigenvalue weighted by Gasteiger charge is -2.32. The van der Waals surface area contributed by atoms with Gasteiger partial charge in [0, 0.05) is 17.9 Å². The lowest BCUT2D eigenvalue weighted by Crippen LogP contribution is -2.41. The normalized spacial score (nSPS) is 25.2. The van der Waals surface area contributed by atoms with Crippen molar-refractivity contribution in [2.75, 3.05) is 31.2 Å². The summed E-state index contributed by atoms with van der Waals surface area (Å²) in [5.74, 6) is 0. The fraction of sp³-hybridized carbons (Fsp3) is 0.714. The highest BCUT2D eigenvalue weighted by molar-refractivity contribution is 7.25. The van der Waals surface area contributed by atoms with E-state index in [1.807, 2.05) is 0 Å². The summed E-state index contributed by atoms with van der Waals surface area (Å²) >= 11 is 1.76. The van der Waals surface area contributed by atoms with Gasteiger partial charge in [0.1, 0.15) is 0 Å². The predicted octanol–water partition coefficient (Wildman–Crippen LogP) is 1.88. The minimum absolute atomic E-state index is 0.250. The predicted molar refractivity (Wildman–Crippen MR) is 83.1 cm³/mol. The smallest absolute Gasteiger partial charge is 0.399 e. The van der Waals surface area contributed by atoms with Crippen LogP contribution in [0.5, 0.6) is 0 Å². The molecule has 0 N–H and O–H groups in total. The fourth-order valence-electron chi connectivity index (χ4n) is 2.38. The van der Waals surface area contributed by atoms with Crippen LogP contribution in [0.4, 0.5) is 5.00 Å². The molecule has 0 aliphatic carbocycles. The molecular formula is C14H22BNO3S. The van der Waals surface area contributed by atoms with Crippen molar-refractivity contribution in [3.8, 4) is 0 Å². The Morgan fingerprint density at radius 3 is 2.25 bits per heavy atom. The van der Waals surface area contributed by atoms with Crippen molar-refractivity contribution >= 4 is 28.2 Å². The highest BCUT2D eigenvalue weighted by atomic mass is 32.1. The molecule has 110 valence electrons. The summed E-state index contributed by atoms with van der Waals surface area (Å²) in [5, 5.41) is 1.28. The van der Waals surface area contributed by atoms with Gasteiger partial charge in [0.25, 0.3) is 0 Å². The van der Waals surface area contributed by atoms with Crippen molar-refractivity contribution in [1.29, 1.82) is 0 Å². The van der Waals surface area contributed by atoms with Gasteiger partial charge >= 0.3 is 7.12 Å². The topological polar surface area (TPSA) is 30.9 Å². The van der Waals surface area contributed by atoms with Crippen LogP contribution in [-0.4, -0.2) is 44.6 Å². The molecule has 0 saturated carbocycles. The molecule has 20 heavy (non-hydrogen) atoms. The van der Waals surface area contributed by atoms with E-state index < -0.39 is 0 Å². The third-order valence-corrected chi connectivity index (χ3v) is 5.59. The van der Waals surface area contributed by atoms with Gasteiger partial charge in [0.15, 0.2) is 0 Å². The number of morpholine rings is 1. The molecule has 3 rings (SSSR count). The van der Waals surface area contributed by atoms with E-state index in [4.69, 9.17) is 14.0 Å². The zero-order valence-corrected chi connectivity index (χ0v) is 13.5. The molecular weight excluding hydrogens is 273 g/mol. The molecule has 0 atom stereocenters. The van der Waals surface area contributed by atoms with E-state index in [9.17, 15) is 0 Å². The van der Waals surface area contributed by atoms with E-state index in [1.165, 1.54) is 5.00 Å². The Morgan fingerprint density at radius 2 is 1.65 bits per heavy atom. The maximum atomic E-state index is 6.10. The molecule has 0 aromatic carbocycles. The second-order valence-electron chi connectivity index (χ2n) is 6.36. The third-order valence-electron chi connectivity index (χ3n) is 4.42. The molecule has 2 saturated heterocycles. The molecule has 0 spiro atoms. The number of hydrogen-bond donors (Lipinski definition) is 0. The van der Waals surface area contributed by atoms with Gasteiger partial charge in [-0.2, -0.15) is 0 Å². The van der Waals surface area contributed by atoms with E-state index in [2.05, 4.69) is 44.7 Å². The van der Waals surface area contributed by atoms with Gasteiger partial charge in [-0.15, -0.1) is 11.3 Å². The SMILES string of the molecule is CC1(C)OB(c2ccc(N3CCOCC3)s2)OC1(C)C. The standard InChI is InChI=1S/C14H22BNO3S/c1-13(2)14(3,4)19-15(18-13)11-5-6-12(20-11)16-7-9-17-10-8-16/h5-6H,7-10H2,1-4H3. The van der Waals surface area contributed by atoms with Gasteiger partial charge in [-0.1, -0.05) is 0 Å². The van der Waals surface area contributed by atoms with Crippen LogP contribution >= 0.6 is 11.3 Å². The van der Waals surface area contributed by atoms with E-state index in [0.29, 0.717) is 0 Å². The Labute approximate surface area is 125 Å². The average Bonchev–Trinajstić information content (AvgIpc) is 2.94. The number of nitrogens with zero attached hydrogens (tertiary/aromatic N) is 1. The third kappa shape index (κ3) is 2.50. The van der Waals surface area contributed by atoms with Gasteiger partial charge in [-0.3, -0.25) is 0 Å². The summed E-state index contributed by atoms with van der Waals surface area (Å²) in [5.41, 5.74) is -0.554. The van der Waals surface area contributed by atoms with Crippen molar-refractivity contribution in [3.05, 3.63) is 12.1 Å². The first-order chi connectivity index (χ1) is 9.39. The average molecular weight is 295 g/mol. The number of rotatable bonds is 2. The number of anilines is 1. The molecule has 0 radical (unpaired) electrons. The summed E-state index contributed by atoms with van der Waals surface area (Å²) in [6.07, 6.45) is 0. The zero-order valence-electron chi connectivity index (χ0n) is 12.6. The van der Waals surface area contributed by atoms with Gasteiger partial charge in [0.05, 0.1) is 29.4 Å². The van der Waals surface area contributed by atoms with E-state index in [1.54, 1.807) is 11.3 Å². The number of hydrogen-bond acceptors (Lipinski definition) is 5. The molecule has 4 nitrogen and oxygen atoms in total. The van der Waals surface area contributed by atoms with Crippen molar-refractivity contribution < 1.29 is 14.0 Å². The molecule has 1 aromatic rings. The first kappa shape index (κ1) is 14.4. The van der Waals surface area contributed by atoms with Gasteiger partial charge in [0.2, 0.25) is 0 Å². The monoisotopic (exact) mass is 295 g/mol. The first-order valence-corrected chi connectivity index (χ1v) is 7.99. The van der Waals surface area contributed by atoms with Crippen molar-refractivity contribution in [2.24, 2.45) is 0 Å². The maximum absolute atomic E-state index is 6.10. The van der Waals surface area contributed by atoms with Crippen LogP contribution in [0.15, 0.2) is 12.1 Å². The first-order valence-electron chi connectivity index (χ1n) is 7.17. The van der Waals surface area contributed by atoms with Gasteiger partial charge in [-0.25, -0.2) is 0 Å². The molecule has 0 unspecified atom stereocenters. The minimum Gasteiger partial charge on any atom is -0.399 e. The van der Waals surface area contributed by atoms with Crippen LogP contribution in [0.1, 0.15) is 27.7 Å². The van der Waals surface area contributed by atoms with Crippen LogP contribution in [-0.2, 0) is 14.0 Å². The molecule has 0 bridgehead atoms. The van der Waals surface area contributed by atoms with Crippen LogP contribution in [0.2, 0.25) is 0 Å². The van der Waals surface area contributed by atoms with Gasteiger partial charge < -0.3 is 18.9 Å². The molecule has 2 aliphatic heterocycles. The van der Waals surface area contributed by atoms with Crippen molar-refractivity contribution in [3.63, 3.8) is 0 Å². The Balaban J connectivity index is 1.74. The lowest BCUT2D eigenvalue weighted by atomic mass is 9.88. The van der Waals surface area contributed by atoms with E-state index in [-0.39, 0.29) is 18.3 Å². The molecule has 2 aliphatic rings. The highest BCUT2D eigenvalue weighted by Crippen LogP contribution is 2.37. The van der Waals surface area contributed by atoms with Crippen LogP contribution in [0.3, 0.4) is 0 Å². The Morgan fingerprint density at radius 1 is 1.05 bits per heavy atom. The molecule has 1 aromatic heterocycles. The molecule has 3 heterocycles. The Bertz CT molecular complexity index is 467. The second kappa shape index (κ2) is 5.02. The summed E-state index contributed by atoms with van der Waals surface area (Å²) in [6, 6.07) is 4.29. The number of thiophene rings is 1. The largest absolute Gasteiger partial charge is 0.505 e. The summed E-state index contributed by atoms with van der Waals surface area (Å²) in [4.78, 5) is 2.36. The number of ether oxygens (including phenoxy) is 1. The molecule has 0 amide bonds. The van der Waals surface area contributed by atoms with Crippen LogP contribution < -0.4 is 9.68 Å². The summed E-state index contributed by atoms with van der Waals surface area (Å²) in [7, 11) is -0.250. The molecule has 2 fully saturated rings. The summed E-state index contributed by atoms with van der Waals surface area (Å²) in [6.45, 7) is 11.9. The van der Waals surface area contributed by atoms with Crippen LogP contribution in [0.25, 0.3) is 0 Å². The van der Waals surface area contributed by atoms with E-state index in [0.717, 1.165) is 31.1 Å². The quantitative estimate of drug-likeness (QED) is 0.780. The van der Waals surface area contributed by atoms with Crippen LogP contribution in [0, 0.1) is 0 Å². The Kier molecular flexibility index (Phi) is 3.61. The summed E-state index contributed by atoms with van der Waals surface area (Å²) < 4.78 is 18.7. The zero-order chi connectivity index (χ0) is 14.4. The van der Waals surface area contributed by atoms with Crippen molar-refractivity contribution in [2.45, 2.75) is 38.9 Å². The molecule has 6 heteroatoms. The van der Waals surface area contributed by atoms with Gasteiger partial charge in [-0.05, 0) is 39.8 Å². The minimum atomic E-state index is -0.277. The fourth-order valence-corrected chi connectivity index (χ4v) is 3.40. The van der Waals surface area contributed by atoms with Crippen molar-refractivity contribution in [1.82, 2.24) is 0 Å². The highest BCUT2D eigenvalue weighted by Gasteiger charge is 2.52.